The van der Waals surface area contributed by atoms with Crippen LogP contribution in [0, 0.1) is 10.1 Å². The van der Waals surface area contributed by atoms with Crippen LogP contribution >= 0.6 is 11.8 Å². The van der Waals surface area contributed by atoms with Crippen molar-refractivity contribution in [2.24, 2.45) is 0 Å². The zero-order chi connectivity index (χ0) is 31.1. The second kappa shape index (κ2) is 11.3. The van der Waals surface area contributed by atoms with Crippen molar-refractivity contribution in [3.8, 4) is 0 Å². The highest BCUT2D eigenvalue weighted by molar-refractivity contribution is 8.18. The van der Waals surface area contributed by atoms with Crippen molar-refractivity contribution in [3.63, 3.8) is 0 Å². The molecule has 0 spiro atoms. The third-order valence-corrected chi connectivity index (χ3v) is 11.5. The predicted octanol–water partition coefficient (Wildman–Crippen LogP) is 5.20. The molecule has 2 aliphatic rings. The van der Waals surface area contributed by atoms with Gasteiger partial charge in [-0.25, -0.2) is 16.8 Å². The standard InChI is InChI=1S/C25H24F3N3O8S3/c1-41(36,37)24(11-3-2-4-12-24)15-30-22(32)21(40-23(30)33)13-16-5-7-17(8-6-16)29-42(38,39)18-9-10-20(31(34)35)19(14-18)25(26,27)28/h5-10,13-14,29H,2-4,11-12,15H2,1H3. The Morgan fingerprint density at radius 3 is 2.21 bits per heavy atom. The number of amides is 2. The normalized spacial score (nSPS) is 18.9. The van der Waals surface area contributed by atoms with Gasteiger partial charge in [-0.1, -0.05) is 31.4 Å². The second-order valence-electron chi connectivity index (χ2n) is 9.95. The zero-order valence-corrected chi connectivity index (χ0v) is 24.3. The van der Waals surface area contributed by atoms with Gasteiger partial charge in [-0.05, 0) is 60.5 Å². The number of imide groups is 1. The van der Waals surface area contributed by atoms with Gasteiger partial charge in [0.15, 0.2) is 9.84 Å². The molecule has 0 atom stereocenters. The molecule has 2 aromatic carbocycles. The Hall–Kier alpha value is -3.44. The van der Waals surface area contributed by atoms with Gasteiger partial charge < -0.3 is 0 Å². The summed E-state index contributed by atoms with van der Waals surface area (Å²) in [6.07, 6.45) is 0.225. The molecule has 1 heterocycles. The van der Waals surface area contributed by atoms with E-state index >= 15 is 0 Å². The zero-order valence-electron chi connectivity index (χ0n) is 21.9. The van der Waals surface area contributed by atoms with E-state index in [-0.39, 0.29) is 23.2 Å². The van der Waals surface area contributed by atoms with Gasteiger partial charge in [-0.2, -0.15) is 13.2 Å². The van der Waals surface area contributed by atoms with Crippen molar-refractivity contribution >= 4 is 60.2 Å². The number of carbonyl (C=O) groups excluding carboxylic acids is 2. The highest BCUT2D eigenvalue weighted by Gasteiger charge is 2.48. The molecule has 17 heteroatoms. The lowest BCUT2D eigenvalue weighted by atomic mass is 9.88. The van der Waals surface area contributed by atoms with Crippen molar-refractivity contribution in [2.45, 2.75) is 47.9 Å². The van der Waals surface area contributed by atoms with Crippen molar-refractivity contribution in [3.05, 3.63) is 68.6 Å². The summed E-state index contributed by atoms with van der Waals surface area (Å²) in [5.74, 6) is -0.651. The number of alkyl halides is 3. The second-order valence-corrected chi connectivity index (χ2v) is 15.0. The van der Waals surface area contributed by atoms with Crippen LogP contribution in [0.25, 0.3) is 6.08 Å². The molecule has 226 valence electrons. The van der Waals surface area contributed by atoms with Crippen LogP contribution in [-0.2, 0) is 30.8 Å². The van der Waals surface area contributed by atoms with Gasteiger partial charge in [-0.15, -0.1) is 0 Å². The molecular weight excluding hydrogens is 623 g/mol. The summed E-state index contributed by atoms with van der Waals surface area (Å²) >= 11 is 0.645. The molecule has 4 rings (SSSR count). The number of sulfonamides is 1. The largest absolute Gasteiger partial charge is 0.423 e. The van der Waals surface area contributed by atoms with Gasteiger partial charge in [0.2, 0.25) is 0 Å². The molecule has 1 aliphatic carbocycles. The first-order chi connectivity index (χ1) is 19.4. The van der Waals surface area contributed by atoms with Gasteiger partial charge in [0.25, 0.3) is 26.9 Å². The van der Waals surface area contributed by atoms with Crippen LogP contribution in [0.15, 0.2) is 52.3 Å². The van der Waals surface area contributed by atoms with E-state index in [4.69, 9.17) is 0 Å². The van der Waals surface area contributed by atoms with E-state index in [9.17, 15) is 49.7 Å². The molecule has 2 amide bonds. The molecule has 42 heavy (non-hydrogen) atoms. The van der Waals surface area contributed by atoms with E-state index in [0.29, 0.717) is 55.1 Å². The number of thioether (sulfide) groups is 1. The van der Waals surface area contributed by atoms with E-state index in [1.54, 1.807) is 0 Å². The van der Waals surface area contributed by atoms with Gasteiger partial charge in [0, 0.05) is 24.6 Å². The maximum atomic E-state index is 13.3. The lowest BCUT2D eigenvalue weighted by molar-refractivity contribution is -0.388. The SMILES string of the molecule is CS(=O)(=O)C1(CN2C(=O)SC(=Cc3ccc(NS(=O)(=O)c4ccc([N+](=O)[O-])c(C(F)(F)F)c4)cc3)C2=O)CCCCC1. The highest BCUT2D eigenvalue weighted by atomic mass is 32.2. The summed E-state index contributed by atoms with van der Waals surface area (Å²) in [5.41, 5.74) is -2.68. The number of halogens is 3. The van der Waals surface area contributed by atoms with E-state index in [0.717, 1.165) is 17.6 Å². The van der Waals surface area contributed by atoms with Crippen molar-refractivity contribution in [1.82, 2.24) is 4.90 Å². The Morgan fingerprint density at radius 2 is 1.67 bits per heavy atom. The average Bonchev–Trinajstić information content (AvgIpc) is 3.15. The molecule has 1 N–H and O–H groups in total. The molecule has 0 radical (unpaired) electrons. The monoisotopic (exact) mass is 647 g/mol. The van der Waals surface area contributed by atoms with E-state index < -0.39 is 63.0 Å². The third-order valence-electron chi connectivity index (χ3n) is 7.11. The van der Waals surface area contributed by atoms with Crippen LogP contribution in [0.5, 0.6) is 0 Å². The van der Waals surface area contributed by atoms with Crippen molar-refractivity contribution in [2.75, 3.05) is 17.5 Å². The molecule has 1 aliphatic heterocycles. The molecule has 1 saturated heterocycles. The van der Waals surface area contributed by atoms with E-state index in [2.05, 4.69) is 4.72 Å². The fourth-order valence-corrected chi connectivity index (χ4v) is 8.16. The summed E-state index contributed by atoms with van der Waals surface area (Å²) < 4.78 is 91.4. The van der Waals surface area contributed by atoms with E-state index in [1.807, 2.05) is 0 Å². The number of hydrogen-bond acceptors (Lipinski definition) is 9. The van der Waals surface area contributed by atoms with Crippen LogP contribution in [0.4, 0.5) is 29.3 Å². The number of nitrogens with one attached hydrogen (secondary N) is 1. The molecule has 2 aromatic rings. The van der Waals surface area contributed by atoms with Crippen LogP contribution in [0.2, 0.25) is 0 Å². The van der Waals surface area contributed by atoms with Gasteiger partial charge in [0.1, 0.15) is 5.56 Å². The first-order valence-corrected chi connectivity index (χ1v) is 16.6. The number of nitro benzene ring substituents is 1. The van der Waals surface area contributed by atoms with Gasteiger partial charge in [-0.3, -0.25) is 29.3 Å². The Kier molecular flexibility index (Phi) is 8.50. The summed E-state index contributed by atoms with van der Waals surface area (Å²) in [6, 6.07) is 6.63. The molecule has 0 unspecified atom stereocenters. The Labute approximate surface area is 243 Å². The lowest BCUT2D eigenvalue weighted by Crippen LogP contribution is -2.50. The first-order valence-electron chi connectivity index (χ1n) is 12.4. The summed E-state index contributed by atoms with van der Waals surface area (Å²) in [6.45, 7) is -0.243. The summed E-state index contributed by atoms with van der Waals surface area (Å²) in [4.78, 5) is 35.5. The lowest BCUT2D eigenvalue weighted by Gasteiger charge is -2.37. The summed E-state index contributed by atoms with van der Waals surface area (Å²) in [5, 5.41) is 10.3. The quantitative estimate of drug-likeness (QED) is 0.231. The van der Waals surface area contributed by atoms with Crippen LogP contribution < -0.4 is 4.72 Å². The molecular formula is C25H24F3N3O8S3. The molecule has 11 nitrogen and oxygen atoms in total. The minimum absolute atomic E-state index is 0.0401. The van der Waals surface area contributed by atoms with Crippen LogP contribution in [0.3, 0.4) is 0 Å². The van der Waals surface area contributed by atoms with Gasteiger partial charge in [0.05, 0.1) is 19.5 Å². The third kappa shape index (κ3) is 6.47. The smallest absolute Gasteiger partial charge is 0.280 e. The number of hydrogen-bond donors (Lipinski definition) is 1. The topological polar surface area (TPSA) is 161 Å². The number of nitrogens with zero attached hydrogens (tertiary/aromatic N) is 2. The summed E-state index contributed by atoms with van der Waals surface area (Å²) in [7, 11) is -8.15. The first kappa shape index (κ1) is 31.5. The Balaban J connectivity index is 1.52. The van der Waals surface area contributed by atoms with E-state index in [1.165, 1.54) is 30.3 Å². The number of benzene rings is 2. The number of anilines is 1. The minimum Gasteiger partial charge on any atom is -0.280 e. The van der Waals surface area contributed by atoms with Crippen LogP contribution in [0.1, 0.15) is 43.2 Å². The fraction of sp³-hybridized carbons (Fsp3) is 0.360. The Morgan fingerprint density at radius 1 is 1.05 bits per heavy atom. The Bertz CT molecular complexity index is 1680. The van der Waals surface area contributed by atoms with Crippen molar-refractivity contribution < 1.29 is 44.5 Å². The number of sulfone groups is 1. The highest BCUT2D eigenvalue weighted by Crippen LogP contribution is 2.40. The number of nitro groups is 1. The molecule has 2 fully saturated rings. The van der Waals surface area contributed by atoms with Crippen LogP contribution in [-0.4, -0.2) is 55.4 Å². The molecule has 0 aromatic heterocycles. The maximum Gasteiger partial charge on any atom is 0.423 e. The fourth-order valence-electron chi connectivity index (χ4n) is 4.85. The maximum absolute atomic E-state index is 13.3. The predicted molar refractivity (Wildman–Crippen MR) is 149 cm³/mol. The minimum atomic E-state index is -5.17. The number of rotatable bonds is 8. The van der Waals surface area contributed by atoms with Gasteiger partial charge >= 0.3 is 6.18 Å². The van der Waals surface area contributed by atoms with Crippen molar-refractivity contribution in [1.29, 1.82) is 0 Å². The molecule has 1 saturated carbocycles. The average molecular weight is 648 g/mol. The number of carbonyl (C=O) groups is 2. The molecule has 0 bridgehead atoms.